The van der Waals surface area contributed by atoms with E-state index in [2.05, 4.69) is 0 Å². The maximum absolute atomic E-state index is 13.1. The Morgan fingerprint density at radius 3 is 1.31 bits per heavy atom. The molecule has 1 aliphatic rings. The number of carbonyl (C=O) groups is 1. The van der Waals surface area contributed by atoms with Gasteiger partial charge in [-0.1, -0.05) is 18.2 Å². The minimum atomic E-state index is -1.01. The van der Waals surface area contributed by atoms with Crippen molar-refractivity contribution in [2.45, 2.75) is 13.2 Å². The van der Waals surface area contributed by atoms with Gasteiger partial charge in [-0.15, -0.1) is 0 Å². The van der Waals surface area contributed by atoms with Gasteiger partial charge in [-0.3, -0.25) is 20.2 Å². The van der Waals surface area contributed by atoms with Gasteiger partial charge in [-0.25, -0.2) is 4.79 Å². The molecule has 1 heterocycles. The van der Waals surface area contributed by atoms with Gasteiger partial charge >= 0.3 is 5.97 Å². The molecule has 0 amide bonds. The van der Waals surface area contributed by atoms with Crippen LogP contribution in [-0.4, -0.2) is 95.1 Å². The van der Waals surface area contributed by atoms with Crippen molar-refractivity contribution in [1.29, 1.82) is 0 Å². The minimum absolute atomic E-state index is 0.0475. The predicted molar refractivity (Wildman–Crippen MR) is 145 cm³/mol. The molecule has 0 atom stereocenters. The van der Waals surface area contributed by atoms with E-state index in [9.17, 15) is 25.0 Å². The first-order chi connectivity index (χ1) is 20.5. The summed E-state index contributed by atoms with van der Waals surface area (Å²) in [6, 6.07) is 7.72. The van der Waals surface area contributed by atoms with Crippen LogP contribution in [0.3, 0.4) is 0 Å². The van der Waals surface area contributed by atoms with Gasteiger partial charge in [-0.05, 0) is 0 Å². The molecule has 42 heavy (non-hydrogen) atoms. The maximum atomic E-state index is 13.1. The third-order valence-corrected chi connectivity index (χ3v) is 5.68. The van der Waals surface area contributed by atoms with Crippen molar-refractivity contribution in [2.75, 3.05) is 79.3 Å². The topological polar surface area (TPSA) is 177 Å². The van der Waals surface area contributed by atoms with Gasteiger partial charge < -0.3 is 37.9 Å². The maximum Gasteiger partial charge on any atom is 0.344 e. The van der Waals surface area contributed by atoms with Crippen LogP contribution >= 0.6 is 0 Å². The molecule has 0 saturated heterocycles. The molecule has 0 aliphatic carbocycles. The van der Waals surface area contributed by atoms with Crippen LogP contribution in [0.1, 0.15) is 21.5 Å². The fraction of sp³-hybridized carbons (Fsp3) is 0.519. The number of hydrogen-bond acceptors (Lipinski definition) is 13. The summed E-state index contributed by atoms with van der Waals surface area (Å²) in [6.07, 6.45) is 0. The average Bonchev–Trinajstić information content (AvgIpc) is 2.98. The Hall–Kier alpha value is -3.57. The number of para-hydroxylation sites is 1. The zero-order valence-corrected chi connectivity index (χ0v) is 23.1. The van der Waals surface area contributed by atoms with E-state index in [1.54, 1.807) is 18.2 Å². The van der Waals surface area contributed by atoms with Gasteiger partial charge in [-0.2, -0.15) is 0 Å². The average molecular weight is 595 g/mol. The van der Waals surface area contributed by atoms with Crippen molar-refractivity contribution in [3.8, 4) is 5.75 Å². The Bertz CT molecular complexity index is 1090. The predicted octanol–water partition coefficient (Wildman–Crippen LogP) is 2.85. The number of nitrogens with zero attached hydrogens (tertiary/aromatic N) is 2. The molecule has 230 valence electrons. The van der Waals surface area contributed by atoms with Gasteiger partial charge in [0.15, 0.2) is 0 Å². The number of nitro groups is 2. The number of non-ortho nitro benzene ring substituents is 2. The molecule has 0 radical (unpaired) electrons. The minimum Gasteiger partial charge on any atom is -0.422 e. The molecule has 2 aromatic rings. The second-order valence-corrected chi connectivity index (χ2v) is 8.71. The molecule has 15 heteroatoms. The largest absolute Gasteiger partial charge is 0.422 e. The highest BCUT2D eigenvalue weighted by Crippen LogP contribution is 2.29. The van der Waals surface area contributed by atoms with Crippen LogP contribution in [-0.2, 0) is 46.4 Å². The van der Waals surface area contributed by atoms with Gasteiger partial charge in [0.05, 0.1) is 114 Å². The highest BCUT2D eigenvalue weighted by atomic mass is 16.6. The van der Waals surface area contributed by atoms with Crippen molar-refractivity contribution in [3.05, 3.63) is 73.3 Å². The van der Waals surface area contributed by atoms with Crippen LogP contribution < -0.4 is 4.74 Å². The van der Waals surface area contributed by atoms with Crippen LogP contribution in [0.25, 0.3) is 0 Å². The van der Waals surface area contributed by atoms with Crippen LogP contribution in [0, 0.1) is 20.2 Å². The molecule has 0 N–H and O–H groups in total. The molecular formula is C27H34N2O13. The summed E-state index contributed by atoms with van der Waals surface area (Å²) in [5, 5.41) is 22.6. The molecule has 0 spiro atoms. The van der Waals surface area contributed by atoms with Crippen LogP contribution in [0.5, 0.6) is 5.75 Å². The number of rotatable bonds is 4. The number of hydrogen-bond donors (Lipinski definition) is 0. The Morgan fingerprint density at radius 2 is 0.952 bits per heavy atom. The Morgan fingerprint density at radius 1 is 0.595 bits per heavy atom. The summed E-state index contributed by atoms with van der Waals surface area (Å²) in [4.78, 5) is 34.0. The van der Waals surface area contributed by atoms with E-state index >= 15 is 0 Å². The molecular weight excluding hydrogens is 560 g/mol. The molecule has 0 unspecified atom stereocenters. The molecule has 0 saturated carbocycles. The quantitative estimate of drug-likeness (QED) is 0.219. The van der Waals surface area contributed by atoms with E-state index in [1.807, 2.05) is 0 Å². The first-order valence-corrected chi connectivity index (χ1v) is 13.3. The summed E-state index contributed by atoms with van der Waals surface area (Å²) in [6.45, 7) is 4.48. The second-order valence-electron chi connectivity index (χ2n) is 8.71. The number of fused-ring (bicyclic) bond motifs is 2. The summed E-state index contributed by atoms with van der Waals surface area (Å²) in [5.41, 5.74) is -0.586. The Kier molecular flexibility index (Phi) is 14.7. The van der Waals surface area contributed by atoms with E-state index in [-0.39, 0.29) is 37.7 Å². The summed E-state index contributed by atoms with van der Waals surface area (Å²) < 4.78 is 44.4. The fourth-order valence-electron chi connectivity index (χ4n) is 3.65. The lowest BCUT2D eigenvalue weighted by Crippen LogP contribution is -2.15. The number of nitro benzene ring substituents is 2. The van der Waals surface area contributed by atoms with E-state index in [0.717, 1.165) is 18.2 Å². The van der Waals surface area contributed by atoms with Crippen LogP contribution in [0.2, 0.25) is 0 Å². The lowest BCUT2D eigenvalue weighted by Gasteiger charge is -2.16. The van der Waals surface area contributed by atoms with Gasteiger partial charge in [0, 0.05) is 23.3 Å². The summed E-state index contributed by atoms with van der Waals surface area (Å²) in [5.74, 6) is -0.891. The monoisotopic (exact) mass is 594 g/mol. The van der Waals surface area contributed by atoms with Crippen molar-refractivity contribution in [1.82, 2.24) is 0 Å². The zero-order chi connectivity index (χ0) is 30.0. The second kappa shape index (κ2) is 18.8. The normalized spacial score (nSPS) is 17.4. The first-order valence-electron chi connectivity index (χ1n) is 13.3. The number of benzene rings is 2. The van der Waals surface area contributed by atoms with Crippen molar-refractivity contribution < 1.29 is 52.5 Å². The van der Waals surface area contributed by atoms with E-state index in [4.69, 9.17) is 37.9 Å². The SMILES string of the molecule is O=C(Oc1c2cccc1COCCOCCOCCOCCOCCOCCOC2)c1cc([N+](=O)[O-])cc([N+](=O)[O-])c1. The Balaban J connectivity index is 1.72. The first kappa shape index (κ1) is 32.9. The fourth-order valence-corrected chi connectivity index (χ4v) is 3.65. The molecule has 15 nitrogen and oxygen atoms in total. The lowest BCUT2D eigenvalue weighted by molar-refractivity contribution is -0.394. The molecule has 1 aliphatic heterocycles. The summed E-state index contributed by atoms with van der Waals surface area (Å²) in [7, 11) is 0. The van der Waals surface area contributed by atoms with Crippen LogP contribution in [0.4, 0.5) is 11.4 Å². The van der Waals surface area contributed by atoms with E-state index < -0.39 is 27.2 Å². The number of ether oxygens (including phenoxy) is 8. The molecule has 0 aromatic heterocycles. The highest BCUT2D eigenvalue weighted by Gasteiger charge is 2.23. The molecule has 3 rings (SSSR count). The number of esters is 1. The van der Waals surface area contributed by atoms with Crippen molar-refractivity contribution in [3.63, 3.8) is 0 Å². The number of carbonyl (C=O) groups excluding carboxylic acids is 1. The third-order valence-electron chi connectivity index (χ3n) is 5.68. The van der Waals surface area contributed by atoms with Gasteiger partial charge in [0.1, 0.15) is 5.75 Å². The van der Waals surface area contributed by atoms with Gasteiger partial charge in [0.25, 0.3) is 11.4 Å². The third kappa shape index (κ3) is 11.7. The van der Waals surface area contributed by atoms with E-state index in [0.29, 0.717) is 77.2 Å². The van der Waals surface area contributed by atoms with Gasteiger partial charge in [0.2, 0.25) is 0 Å². The highest BCUT2D eigenvalue weighted by molar-refractivity contribution is 5.93. The molecule has 0 fully saturated rings. The lowest BCUT2D eigenvalue weighted by atomic mass is 10.1. The smallest absolute Gasteiger partial charge is 0.344 e. The summed E-state index contributed by atoms with van der Waals surface area (Å²) >= 11 is 0. The standard InChI is InChI=1S/C27H34N2O13/c30-27(23-16-24(28(31)32)18-25(17-23)29(33)34)42-26-21-2-1-3-22(26)20-41-15-13-39-11-9-37-7-5-35-4-6-36-8-10-38-12-14-40-19-21/h1-3,16-18H,4-15,19-20H2. The molecule has 2 aromatic carbocycles. The molecule has 2 bridgehead atoms. The Labute approximate surface area is 241 Å². The zero-order valence-electron chi connectivity index (χ0n) is 23.1. The van der Waals surface area contributed by atoms with E-state index in [1.165, 1.54) is 0 Å². The van der Waals surface area contributed by atoms with Crippen molar-refractivity contribution >= 4 is 17.3 Å². The van der Waals surface area contributed by atoms with Crippen LogP contribution in [0.15, 0.2) is 36.4 Å². The van der Waals surface area contributed by atoms with Crippen molar-refractivity contribution in [2.24, 2.45) is 0 Å².